The van der Waals surface area contributed by atoms with Crippen LogP contribution in [0.2, 0.25) is 0 Å². The third-order valence-electron chi connectivity index (χ3n) is 16.6. The average molecular weight is 735 g/mol. The lowest BCUT2D eigenvalue weighted by molar-refractivity contribution is -0.0124. The number of nitrogens with zero attached hydrogens (tertiary/aromatic N) is 2. The van der Waals surface area contributed by atoms with Crippen molar-refractivity contribution in [2.45, 2.75) is 129 Å². The maximum atomic E-state index is 13.8. The van der Waals surface area contributed by atoms with E-state index in [1.165, 1.54) is 60.4 Å². The van der Waals surface area contributed by atoms with Crippen LogP contribution in [0.15, 0.2) is 72.4 Å². The molecule has 4 saturated carbocycles. The standard InChI is InChI=1S/2C24H30FNO/c2*1-23(27)9-7-18-15(12-23)3-4-20-19(18)8-10-24(2)21(5-6-22(20)24)16-11-17(25)14-26-13-16/h2*3,5,11,13-14,18-20,22,27H,4,6-10,12H2,1-2H3/t18?,19-,20-,22+,23+,24-;18?,19-,20-,22+,23-,24-/m11/s1. The lowest BCUT2D eigenvalue weighted by atomic mass is 9.51. The second-order valence-corrected chi connectivity index (χ2v) is 19.9. The highest BCUT2D eigenvalue weighted by atomic mass is 19.1. The molecule has 54 heavy (non-hydrogen) atoms. The summed E-state index contributed by atoms with van der Waals surface area (Å²) >= 11 is 0. The Morgan fingerprint density at radius 1 is 0.537 bits per heavy atom. The molecule has 8 aliphatic rings. The summed E-state index contributed by atoms with van der Waals surface area (Å²) in [5, 5.41) is 21.0. The number of hydrogen-bond donors (Lipinski definition) is 2. The number of fused-ring (bicyclic) bond motifs is 10. The molecule has 6 heteroatoms. The fourth-order valence-electron chi connectivity index (χ4n) is 14.1. The SMILES string of the molecule is C[C@@]1(O)CCC2C(=CC[C@@H]3[C@@H]2CC[C@]2(C)C(c4cncc(F)c4)=CC[C@@H]32)C1.C[C@]1(O)CCC2C(=CC[C@@H]3[C@@H]2CC[C@]2(C)C(c4cncc(F)c4)=CC[C@@H]32)C1. The second kappa shape index (κ2) is 13.3. The zero-order valence-electron chi connectivity index (χ0n) is 32.8. The van der Waals surface area contributed by atoms with E-state index in [2.05, 4.69) is 48.1 Å². The van der Waals surface area contributed by atoms with Crippen LogP contribution in [0.4, 0.5) is 8.78 Å². The summed E-state index contributed by atoms with van der Waals surface area (Å²) in [4.78, 5) is 8.20. The van der Waals surface area contributed by atoms with Crippen molar-refractivity contribution in [3.8, 4) is 0 Å². The summed E-state index contributed by atoms with van der Waals surface area (Å²) in [5.41, 5.74) is 6.89. The Bertz CT molecular complexity index is 1790. The predicted octanol–water partition coefficient (Wildman–Crippen LogP) is 11.1. The topological polar surface area (TPSA) is 66.2 Å². The van der Waals surface area contributed by atoms with E-state index in [0.29, 0.717) is 23.7 Å². The van der Waals surface area contributed by atoms with E-state index in [4.69, 9.17) is 0 Å². The minimum atomic E-state index is -0.509. The second-order valence-electron chi connectivity index (χ2n) is 19.9. The van der Waals surface area contributed by atoms with E-state index in [-0.39, 0.29) is 22.5 Å². The molecule has 8 aliphatic carbocycles. The van der Waals surface area contributed by atoms with Crippen LogP contribution in [-0.4, -0.2) is 31.4 Å². The van der Waals surface area contributed by atoms with Crippen molar-refractivity contribution in [3.63, 3.8) is 0 Å². The molecule has 2 N–H and O–H groups in total. The first-order valence-electron chi connectivity index (χ1n) is 21.2. The van der Waals surface area contributed by atoms with Crippen LogP contribution in [0.5, 0.6) is 0 Å². The number of pyridine rings is 2. The van der Waals surface area contributed by atoms with Crippen molar-refractivity contribution >= 4 is 11.1 Å². The van der Waals surface area contributed by atoms with Crippen molar-refractivity contribution < 1.29 is 19.0 Å². The average Bonchev–Trinajstić information content (AvgIpc) is 3.67. The summed E-state index contributed by atoms with van der Waals surface area (Å²) < 4.78 is 27.5. The molecule has 2 heterocycles. The minimum Gasteiger partial charge on any atom is -0.390 e. The van der Waals surface area contributed by atoms with Gasteiger partial charge in [0.15, 0.2) is 0 Å². The summed E-state index contributed by atoms with van der Waals surface area (Å²) in [5.74, 6) is 5.12. The Kier molecular flexibility index (Phi) is 9.05. The highest BCUT2D eigenvalue weighted by Gasteiger charge is 2.55. The molecule has 0 aromatic carbocycles. The van der Waals surface area contributed by atoms with E-state index in [1.807, 2.05) is 26.2 Å². The molecule has 0 aliphatic heterocycles. The van der Waals surface area contributed by atoms with Gasteiger partial charge in [0.1, 0.15) is 11.6 Å². The van der Waals surface area contributed by atoms with Crippen molar-refractivity contribution in [2.24, 2.45) is 58.2 Å². The molecule has 0 bridgehead atoms. The van der Waals surface area contributed by atoms with Gasteiger partial charge in [0, 0.05) is 12.4 Å². The van der Waals surface area contributed by atoms with E-state index in [0.717, 1.165) is 99.0 Å². The molecule has 4 fully saturated rings. The van der Waals surface area contributed by atoms with Crippen molar-refractivity contribution in [3.05, 3.63) is 95.1 Å². The number of aromatic nitrogens is 2. The molecule has 0 radical (unpaired) electrons. The highest BCUT2D eigenvalue weighted by molar-refractivity contribution is 5.73. The number of rotatable bonds is 2. The van der Waals surface area contributed by atoms with E-state index in [9.17, 15) is 19.0 Å². The molecule has 12 atom stereocenters. The van der Waals surface area contributed by atoms with E-state index in [1.54, 1.807) is 12.1 Å². The highest BCUT2D eigenvalue weighted by Crippen LogP contribution is 2.65. The fraction of sp³-hybridized carbons (Fsp3) is 0.625. The molecule has 10 rings (SSSR count). The van der Waals surface area contributed by atoms with Gasteiger partial charge in [-0.1, -0.05) is 49.3 Å². The zero-order chi connectivity index (χ0) is 37.6. The van der Waals surface area contributed by atoms with Crippen LogP contribution in [0.3, 0.4) is 0 Å². The van der Waals surface area contributed by atoms with Gasteiger partial charge in [-0.05, 0) is 196 Å². The van der Waals surface area contributed by atoms with Crippen molar-refractivity contribution in [1.82, 2.24) is 9.97 Å². The Hall–Kier alpha value is -2.96. The molecule has 2 unspecified atom stereocenters. The van der Waals surface area contributed by atoms with Gasteiger partial charge in [0.25, 0.3) is 0 Å². The summed E-state index contributed by atoms with van der Waals surface area (Å²) in [6, 6.07) is 3.31. The van der Waals surface area contributed by atoms with E-state index < -0.39 is 11.2 Å². The maximum Gasteiger partial charge on any atom is 0.142 e. The predicted molar refractivity (Wildman–Crippen MR) is 211 cm³/mol. The van der Waals surface area contributed by atoms with Gasteiger partial charge >= 0.3 is 0 Å². The lowest BCUT2D eigenvalue weighted by Crippen LogP contribution is -2.46. The first kappa shape index (κ1) is 36.7. The van der Waals surface area contributed by atoms with E-state index >= 15 is 0 Å². The van der Waals surface area contributed by atoms with Crippen LogP contribution in [0.25, 0.3) is 11.1 Å². The Labute approximate surface area is 321 Å². The van der Waals surface area contributed by atoms with Crippen LogP contribution >= 0.6 is 0 Å². The van der Waals surface area contributed by atoms with Crippen molar-refractivity contribution in [1.29, 1.82) is 0 Å². The Morgan fingerprint density at radius 2 is 0.963 bits per heavy atom. The lowest BCUT2D eigenvalue weighted by Gasteiger charge is -2.54. The third kappa shape index (κ3) is 6.21. The number of allylic oxidation sites excluding steroid dienone is 6. The molecular weight excluding hydrogens is 675 g/mol. The minimum absolute atomic E-state index is 0.141. The number of halogens is 2. The van der Waals surface area contributed by atoms with Gasteiger partial charge in [-0.2, -0.15) is 0 Å². The normalized spacial score (nSPS) is 43.3. The quantitative estimate of drug-likeness (QED) is 0.302. The van der Waals surface area contributed by atoms with Crippen molar-refractivity contribution in [2.75, 3.05) is 0 Å². The molecule has 288 valence electrons. The van der Waals surface area contributed by atoms with Crippen LogP contribution in [-0.2, 0) is 0 Å². The molecule has 4 nitrogen and oxygen atoms in total. The monoisotopic (exact) mass is 734 g/mol. The molecule has 0 saturated heterocycles. The largest absolute Gasteiger partial charge is 0.390 e. The first-order valence-corrected chi connectivity index (χ1v) is 21.2. The Morgan fingerprint density at radius 3 is 1.37 bits per heavy atom. The van der Waals surface area contributed by atoms with Gasteiger partial charge in [-0.15, -0.1) is 0 Å². The molecular formula is C48H60F2N2O2. The van der Waals surface area contributed by atoms with Gasteiger partial charge < -0.3 is 10.2 Å². The summed E-state index contributed by atoms with van der Waals surface area (Å²) in [6.07, 6.45) is 31.2. The molecule has 2 aromatic rings. The molecule has 2 aromatic heterocycles. The summed E-state index contributed by atoms with van der Waals surface area (Å²) in [7, 11) is 0. The van der Waals surface area contributed by atoms with Crippen LogP contribution in [0, 0.1) is 69.8 Å². The first-order chi connectivity index (χ1) is 25.7. The van der Waals surface area contributed by atoms with Gasteiger partial charge in [0.05, 0.1) is 23.6 Å². The molecule has 0 spiro atoms. The van der Waals surface area contributed by atoms with Crippen LogP contribution in [0.1, 0.15) is 129 Å². The number of hydrogen-bond acceptors (Lipinski definition) is 4. The molecule has 0 amide bonds. The van der Waals surface area contributed by atoms with Crippen LogP contribution < -0.4 is 0 Å². The zero-order valence-corrected chi connectivity index (χ0v) is 32.8. The van der Waals surface area contributed by atoms with Gasteiger partial charge in [0.2, 0.25) is 0 Å². The van der Waals surface area contributed by atoms with Gasteiger partial charge in [-0.25, -0.2) is 8.78 Å². The maximum absolute atomic E-state index is 13.8. The summed E-state index contributed by atoms with van der Waals surface area (Å²) in [6.45, 7) is 8.80. The third-order valence-corrected chi connectivity index (χ3v) is 16.6. The Balaban J connectivity index is 0.000000142. The van der Waals surface area contributed by atoms with Gasteiger partial charge in [-0.3, -0.25) is 9.97 Å². The number of aliphatic hydroxyl groups is 2. The smallest absolute Gasteiger partial charge is 0.142 e. The fourth-order valence-corrected chi connectivity index (χ4v) is 14.1.